The molecule has 0 aliphatic heterocycles. The molecule has 0 saturated heterocycles. The van der Waals surface area contributed by atoms with Crippen molar-refractivity contribution in [3.63, 3.8) is 0 Å². The Hall–Kier alpha value is -2.33. The van der Waals surface area contributed by atoms with Crippen LogP contribution in [0.4, 0.5) is 0 Å². The third-order valence-corrected chi connectivity index (χ3v) is 7.34. The molecule has 3 aliphatic carbocycles. The summed E-state index contributed by atoms with van der Waals surface area (Å²) < 4.78 is 5.80. The van der Waals surface area contributed by atoms with Gasteiger partial charge in [-0.15, -0.1) is 0 Å². The maximum atomic E-state index is 13.2. The number of hydrogen-bond donors (Lipinski definition) is 0. The summed E-state index contributed by atoms with van der Waals surface area (Å²) in [5.41, 5.74) is 1.46. The minimum atomic E-state index is -0.408. The van der Waals surface area contributed by atoms with Crippen LogP contribution in [0.5, 0.6) is 5.75 Å². The lowest BCUT2D eigenvalue weighted by Gasteiger charge is -2.52. The fourth-order valence-corrected chi connectivity index (χ4v) is 5.41. The molecule has 4 heteroatoms. The van der Waals surface area contributed by atoms with E-state index in [1.165, 1.54) is 12.8 Å². The molecule has 1 aromatic carbocycles. The molecule has 2 bridgehead atoms. The number of rotatable bonds is 8. The van der Waals surface area contributed by atoms with Gasteiger partial charge in [0.2, 0.25) is 0 Å². The minimum absolute atomic E-state index is 0.207. The minimum Gasteiger partial charge on any atom is -0.425 e. The van der Waals surface area contributed by atoms with E-state index >= 15 is 0 Å². The third-order valence-electron chi connectivity index (χ3n) is 7.34. The lowest BCUT2D eigenvalue weighted by Crippen LogP contribution is -2.47. The highest BCUT2D eigenvalue weighted by atomic mass is 16.5. The van der Waals surface area contributed by atoms with E-state index in [1.807, 2.05) is 6.07 Å². The summed E-state index contributed by atoms with van der Waals surface area (Å²) >= 11 is 0. The number of unbranched alkanes of at least 4 members (excludes halogenated alkanes) is 2. The molecule has 29 heavy (non-hydrogen) atoms. The van der Waals surface area contributed by atoms with Gasteiger partial charge in [-0.1, -0.05) is 39.2 Å². The summed E-state index contributed by atoms with van der Waals surface area (Å²) in [6.45, 7) is 4.37. The van der Waals surface area contributed by atoms with Gasteiger partial charge < -0.3 is 4.74 Å². The largest absolute Gasteiger partial charge is 0.425 e. The van der Waals surface area contributed by atoms with Crippen LogP contribution in [0.15, 0.2) is 12.1 Å². The van der Waals surface area contributed by atoms with Crippen molar-refractivity contribution in [1.82, 2.24) is 0 Å². The number of esters is 1. The van der Waals surface area contributed by atoms with E-state index in [4.69, 9.17) is 4.74 Å². The Balaban J connectivity index is 1.78. The maximum absolute atomic E-state index is 13.2. The molecule has 0 spiro atoms. The molecule has 0 aromatic heterocycles. The normalized spacial score (nSPS) is 25.2. The van der Waals surface area contributed by atoms with Crippen molar-refractivity contribution in [3.05, 3.63) is 28.8 Å². The van der Waals surface area contributed by atoms with Gasteiger partial charge in [0.1, 0.15) is 23.5 Å². The number of aryl methyl sites for hydroxylation is 1. The van der Waals surface area contributed by atoms with Crippen molar-refractivity contribution in [2.45, 2.75) is 90.9 Å². The first-order valence-corrected chi connectivity index (χ1v) is 11.2. The van der Waals surface area contributed by atoms with Crippen molar-refractivity contribution < 1.29 is 9.53 Å². The second-order valence-electron chi connectivity index (χ2n) is 9.07. The number of benzene rings is 1. The van der Waals surface area contributed by atoms with Crippen molar-refractivity contribution in [3.8, 4) is 17.9 Å². The number of nitrogens with zero attached hydrogens (tertiary/aromatic N) is 2. The summed E-state index contributed by atoms with van der Waals surface area (Å²) in [6.07, 6.45) is 12.3. The first-order chi connectivity index (χ1) is 14.0. The highest BCUT2D eigenvalue weighted by molar-refractivity contribution is 5.80. The summed E-state index contributed by atoms with van der Waals surface area (Å²) in [6, 6.07) is 7.85. The zero-order valence-electron chi connectivity index (χ0n) is 17.9. The molecule has 3 aliphatic rings. The van der Waals surface area contributed by atoms with Gasteiger partial charge in [0.15, 0.2) is 0 Å². The van der Waals surface area contributed by atoms with Crippen LogP contribution < -0.4 is 4.74 Å². The average molecular weight is 393 g/mol. The number of nitriles is 2. The first-order valence-electron chi connectivity index (χ1n) is 11.2. The summed E-state index contributed by atoms with van der Waals surface area (Å²) in [5, 5.41) is 19.3. The summed E-state index contributed by atoms with van der Waals surface area (Å²) in [4.78, 5) is 13.2. The monoisotopic (exact) mass is 392 g/mol. The highest BCUT2D eigenvalue weighted by Gasteiger charge is 2.52. The Morgan fingerprint density at radius 1 is 0.966 bits per heavy atom. The van der Waals surface area contributed by atoms with Crippen molar-refractivity contribution in [1.29, 1.82) is 10.5 Å². The Kier molecular flexibility index (Phi) is 6.63. The topological polar surface area (TPSA) is 73.9 Å². The van der Waals surface area contributed by atoms with Crippen LogP contribution in [-0.4, -0.2) is 5.97 Å². The maximum Gasteiger partial charge on any atom is 0.317 e. The number of fused-ring (bicyclic) bond motifs is 3. The molecule has 4 rings (SSSR count). The van der Waals surface area contributed by atoms with Gasteiger partial charge in [0.05, 0.1) is 11.0 Å². The molecule has 0 atom stereocenters. The van der Waals surface area contributed by atoms with Gasteiger partial charge in [-0.3, -0.25) is 4.79 Å². The van der Waals surface area contributed by atoms with E-state index in [0.29, 0.717) is 11.0 Å². The van der Waals surface area contributed by atoms with Crippen LogP contribution in [0, 0.1) is 33.5 Å². The zero-order valence-corrected chi connectivity index (χ0v) is 17.9. The molecule has 0 unspecified atom stereocenters. The molecule has 154 valence electrons. The van der Waals surface area contributed by atoms with E-state index in [9.17, 15) is 15.3 Å². The SMILES string of the molecule is CCCCCc1ccc(OC(=O)C23CCC(CCC)(CC2)CC3)c(C#N)c1C#N. The van der Waals surface area contributed by atoms with Gasteiger partial charge in [-0.05, 0) is 74.8 Å². The fourth-order valence-electron chi connectivity index (χ4n) is 5.41. The van der Waals surface area contributed by atoms with Crippen LogP contribution in [0.25, 0.3) is 0 Å². The molecule has 0 heterocycles. The molecule has 0 N–H and O–H groups in total. The molecular formula is C25H32N2O2. The van der Waals surface area contributed by atoms with Crippen molar-refractivity contribution in [2.24, 2.45) is 10.8 Å². The second kappa shape index (κ2) is 9.00. The molecule has 3 saturated carbocycles. The summed E-state index contributed by atoms with van der Waals surface area (Å²) in [7, 11) is 0. The highest BCUT2D eigenvalue weighted by Crippen LogP contribution is 2.59. The Morgan fingerprint density at radius 2 is 1.62 bits per heavy atom. The van der Waals surface area contributed by atoms with E-state index in [0.717, 1.165) is 69.8 Å². The molecule has 1 aromatic rings. The average Bonchev–Trinajstić information content (AvgIpc) is 2.75. The molecule has 3 fully saturated rings. The molecule has 4 nitrogen and oxygen atoms in total. The Morgan fingerprint density at radius 3 is 2.17 bits per heavy atom. The molecular weight excluding hydrogens is 360 g/mol. The van der Waals surface area contributed by atoms with Crippen molar-refractivity contribution in [2.75, 3.05) is 0 Å². The third kappa shape index (κ3) is 4.18. The van der Waals surface area contributed by atoms with Gasteiger partial charge >= 0.3 is 5.97 Å². The van der Waals surface area contributed by atoms with E-state index < -0.39 is 5.41 Å². The second-order valence-corrected chi connectivity index (χ2v) is 9.07. The van der Waals surface area contributed by atoms with Crippen LogP contribution in [0.3, 0.4) is 0 Å². The number of carbonyl (C=O) groups excluding carboxylic acids is 1. The van der Waals surface area contributed by atoms with Gasteiger partial charge in [0.25, 0.3) is 0 Å². The lowest BCUT2D eigenvalue weighted by molar-refractivity contribution is -0.156. The summed E-state index contributed by atoms with van der Waals surface area (Å²) in [5.74, 6) is 0.0417. The van der Waals surface area contributed by atoms with E-state index in [2.05, 4.69) is 26.0 Å². The number of hydrogen-bond acceptors (Lipinski definition) is 4. The van der Waals surface area contributed by atoms with Gasteiger partial charge in [-0.2, -0.15) is 10.5 Å². The van der Waals surface area contributed by atoms with Gasteiger partial charge in [0, 0.05) is 0 Å². The van der Waals surface area contributed by atoms with Crippen LogP contribution >= 0.6 is 0 Å². The number of carbonyl (C=O) groups is 1. The van der Waals surface area contributed by atoms with E-state index in [1.54, 1.807) is 6.07 Å². The number of ether oxygens (including phenoxy) is 1. The fraction of sp³-hybridized carbons (Fsp3) is 0.640. The molecule has 0 amide bonds. The van der Waals surface area contributed by atoms with Gasteiger partial charge in [-0.25, -0.2) is 0 Å². The van der Waals surface area contributed by atoms with E-state index in [-0.39, 0.29) is 17.3 Å². The zero-order chi connectivity index (χ0) is 20.9. The van der Waals surface area contributed by atoms with Crippen LogP contribution in [0.1, 0.15) is 101 Å². The Bertz CT molecular complexity index is 819. The first kappa shape index (κ1) is 21.4. The van der Waals surface area contributed by atoms with Crippen molar-refractivity contribution >= 4 is 5.97 Å². The Labute approximate surface area is 174 Å². The smallest absolute Gasteiger partial charge is 0.317 e. The quantitative estimate of drug-likeness (QED) is 0.299. The van der Waals surface area contributed by atoms with Crippen LogP contribution in [-0.2, 0) is 11.2 Å². The standard InChI is InChI=1S/C25H32N2O2/c1-3-5-6-7-19-8-9-22(21(18-27)20(19)17-26)29-23(28)25-14-11-24(10-4-2,12-15-25)13-16-25/h8-9H,3-7,10-16H2,1-2H3. The predicted octanol–water partition coefficient (Wildman–Crippen LogP) is 6.21. The molecule has 0 radical (unpaired) electrons. The predicted molar refractivity (Wildman–Crippen MR) is 112 cm³/mol. The lowest BCUT2D eigenvalue weighted by atomic mass is 9.52. The van der Waals surface area contributed by atoms with Crippen LogP contribution in [0.2, 0.25) is 0 Å².